The Morgan fingerprint density at radius 2 is 1.75 bits per heavy atom. The van der Waals surface area contributed by atoms with E-state index in [1.165, 1.54) is 48.8 Å². The Balaban J connectivity index is 1.47. The first-order chi connectivity index (χ1) is 9.79. The third kappa shape index (κ3) is 2.95. The highest BCUT2D eigenvalue weighted by Crippen LogP contribution is 2.40. The number of piperazine rings is 1. The van der Waals surface area contributed by atoms with Gasteiger partial charge >= 0.3 is 0 Å². The number of nitrogens with zero attached hydrogens (tertiary/aromatic N) is 1. The lowest BCUT2D eigenvalue weighted by Crippen LogP contribution is -2.57. The largest absolute Gasteiger partial charge is 0.311 e. The van der Waals surface area contributed by atoms with Gasteiger partial charge in [-0.1, -0.05) is 28.1 Å². The van der Waals surface area contributed by atoms with Crippen LogP contribution in [0.2, 0.25) is 0 Å². The van der Waals surface area contributed by atoms with Gasteiger partial charge in [0.25, 0.3) is 0 Å². The Morgan fingerprint density at radius 1 is 1.05 bits per heavy atom. The standard InChI is InChI=1S/C17H23BrN2/c18-15-7-1-12(2-8-15)10-20-11-16(13-3-4-13)19-9-17(20)14-5-6-14/h1-2,7-8,13-14,16-17,19H,3-6,9-11H2. The Morgan fingerprint density at radius 3 is 2.40 bits per heavy atom. The van der Waals surface area contributed by atoms with Crippen molar-refractivity contribution in [1.29, 1.82) is 0 Å². The van der Waals surface area contributed by atoms with Crippen LogP contribution in [0.3, 0.4) is 0 Å². The Kier molecular flexibility index (Phi) is 3.61. The number of hydrogen-bond donors (Lipinski definition) is 1. The van der Waals surface area contributed by atoms with Crippen molar-refractivity contribution in [2.24, 2.45) is 11.8 Å². The van der Waals surface area contributed by atoms with Gasteiger partial charge in [-0.25, -0.2) is 0 Å². The first-order valence-corrected chi connectivity index (χ1v) is 8.81. The molecule has 1 N–H and O–H groups in total. The third-order valence-corrected chi connectivity index (χ3v) is 5.67. The van der Waals surface area contributed by atoms with E-state index in [0.717, 1.165) is 30.5 Å². The lowest BCUT2D eigenvalue weighted by atomic mass is 10.0. The molecule has 0 amide bonds. The van der Waals surface area contributed by atoms with Crippen LogP contribution in [0, 0.1) is 11.8 Å². The van der Waals surface area contributed by atoms with Crippen LogP contribution < -0.4 is 5.32 Å². The molecular formula is C17H23BrN2. The first kappa shape index (κ1) is 13.3. The molecule has 4 rings (SSSR count). The summed E-state index contributed by atoms with van der Waals surface area (Å²) < 4.78 is 1.18. The van der Waals surface area contributed by atoms with Crippen molar-refractivity contribution in [3.8, 4) is 0 Å². The fourth-order valence-electron chi connectivity index (χ4n) is 3.62. The fourth-order valence-corrected chi connectivity index (χ4v) is 3.88. The summed E-state index contributed by atoms with van der Waals surface area (Å²) in [5.41, 5.74) is 1.45. The van der Waals surface area contributed by atoms with Gasteiger partial charge in [-0.15, -0.1) is 0 Å². The van der Waals surface area contributed by atoms with Crippen LogP contribution in [0.1, 0.15) is 31.2 Å². The van der Waals surface area contributed by atoms with E-state index in [0.29, 0.717) is 0 Å². The van der Waals surface area contributed by atoms with Gasteiger partial charge in [0.1, 0.15) is 0 Å². The molecule has 1 aromatic rings. The van der Waals surface area contributed by atoms with Crippen LogP contribution in [0.5, 0.6) is 0 Å². The van der Waals surface area contributed by atoms with Gasteiger partial charge in [0.15, 0.2) is 0 Å². The topological polar surface area (TPSA) is 15.3 Å². The molecule has 2 nitrogen and oxygen atoms in total. The van der Waals surface area contributed by atoms with Crippen LogP contribution in [0.4, 0.5) is 0 Å². The molecule has 2 atom stereocenters. The van der Waals surface area contributed by atoms with E-state index in [1.54, 1.807) is 0 Å². The maximum Gasteiger partial charge on any atom is 0.0253 e. The van der Waals surface area contributed by atoms with Crippen molar-refractivity contribution in [3.63, 3.8) is 0 Å². The molecule has 0 radical (unpaired) electrons. The normalized spacial score (nSPS) is 31.4. The second-order valence-electron chi connectivity index (χ2n) is 6.81. The molecule has 2 unspecified atom stereocenters. The molecule has 3 aliphatic rings. The van der Waals surface area contributed by atoms with E-state index in [9.17, 15) is 0 Å². The second-order valence-corrected chi connectivity index (χ2v) is 7.73. The molecule has 1 heterocycles. The van der Waals surface area contributed by atoms with E-state index >= 15 is 0 Å². The molecule has 1 saturated heterocycles. The van der Waals surface area contributed by atoms with Crippen molar-refractivity contribution < 1.29 is 0 Å². The van der Waals surface area contributed by atoms with Crippen LogP contribution in [-0.4, -0.2) is 30.1 Å². The van der Waals surface area contributed by atoms with Gasteiger partial charge in [-0.05, 0) is 55.2 Å². The molecule has 2 aliphatic carbocycles. The lowest BCUT2D eigenvalue weighted by molar-refractivity contribution is 0.100. The van der Waals surface area contributed by atoms with Gasteiger partial charge in [0.05, 0.1) is 0 Å². The minimum absolute atomic E-state index is 0.750. The van der Waals surface area contributed by atoms with Crippen LogP contribution in [0.25, 0.3) is 0 Å². The lowest BCUT2D eigenvalue weighted by Gasteiger charge is -2.41. The molecule has 0 aromatic heterocycles. The Labute approximate surface area is 130 Å². The van der Waals surface area contributed by atoms with Crippen LogP contribution >= 0.6 is 15.9 Å². The molecule has 3 heteroatoms. The van der Waals surface area contributed by atoms with E-state index in [2.05, 4.69) is 50.4 Å². The summed E-state index contributed by atoms with van der Waals surface area (Å²) in [6.07, 6.45) is 5.77. The van der Waals surface area contributed by atoms with Crippen molar-refractivity contribution in [3.05, 3.63) is 34.3 Å². The van der Waals surface area contributed by atoms with Crippen LogP contribution in [0.15, 0.2) is 28.7 Å². The van der Waals surface area contributed by atoms with Gasteiger partial charge < -0.3 is 5.32 Å². The average molecular weight is 335 g/mol. The highest BCUT2D eigenvalue weighted by Gasteiger charge is 2.42. The summed E-state index contributed by atoms with van der Waals surface area (Å²) in [6.45, 7) is 3.59. The number of nitrogens with one attached hydrogen (secondary N) is 1. The molecule has 0 spiro atoms. The van der Waals surface area contributed by atoms with Gasteiger partial charge in [-0.3, -0.25) is 4.90 Å². The van der Waals surface area contributed by atoms with E-state index < -0.39 is 0 Å². The summed E-state index contributed by atoms with van der Waals surface area (Å²) in [7, 11) is 0. The summed E-state index contributed by atoms with van der Waals surface area (Å²) >= 11 is 3.53. The molecule has 2 saturated carbocycles. The highest BCUT2D eigenvalue weighted by atomic mass is 79.9. The maximum atomic E-state index is 3.83. The van der Waals surface area contributed by atoms with Gasteiger partial charge in [0.2, 0.25) is 0 Å². The summed E-state index contributed by atoms with van der Waals surface area (Å²) in [5, 5.41) is 3.83. The van der Waals surface area contributed by atoms with E-state index in [4.69, 9.17) is 0 Å². The quantitative estimate of drug-likeness (QED) is 0.907. The number of benzene rings is 1. The zero-order valence-corrected chi connectivity index (χ0v) is 13.5. The van der Waals surface area contributed by atoms with E-state index in [-0.39, 0.29) is 0 Å². The van der Waals surface area contributed by atoms with Crippen molar-refractivity contribution in [1.82, 2.24) is 10.2 Å². The number of hydrogen-bond acceptors (Lipinski definition) is 2. The predicted octanol–water partition coefficient (Wildman–Crippen LogP) is 3.41. The van der Waals surface area contributed by atoms with Gasteiger partial charge in [0, 0.05) is 36.2 Å². The Bertz CT molecular complexity index is 464. The summed E-state index contributed by atoms with van der Waals surface area (Å²) in [4.78, 5) is 2.76. The summed E-state index contributed by atoms with van der Waals surface area (Å²) in [5.74, 6) is 1.92. The molecule has 0 bridgehead atoms. The van der Waals surface area contributed by atoms with Crippen molar-refractivity contribution in [2.45, 2.75) is 44.3 Å². The zero-order valence-electron chi connectivity index (χ0n) is 11.9. The average Bonchev–Trinajstić information content (AvgIpc) is 3.33. The molecule has 1 aliphatic heterocycles. The Hall–Kier alpha value is -0.380. The smallest absolute Gasteiger partial charge is 0.0253 e. The number of halogens is 1. The third-order valence-electron chi connectivity index (χ3n) is 5.15. The molecular weight excluding hydrogens is 312 g/mol. The second kappa shape index (κ2) is 5.43. The van der Waals surface area contributed by atoms with Gasteiger partial charge in [-0.2, -0.15) is 0 Å². The zero-order chi connectivity index (χ0) is 13.5. The SMILES string of the molecule is Brc1ccc(CN2CC(C3CC3)NCC2C2CC2)cc1. The predicted molar refractivity (Wildman–Crippen MR) is 85.6 cm³/mol. The molecule has 1 aromatic carbocycles. The minimum Gasteiger partial charge on any atom is -0.311 e. The van der Waals surface area contributed by atoms with Crippen molar-refractivity contribution >= 4 is 15.9 Å². The number of rotatable bonds is 4. The summed E-state index contributed by atoms with van der Waals surface area (Å²) in [6, 6.07) is 10.4. The fraction of sp³-hybridized carbons (Fsp3) is 0.647. The van der Waals surface area contributed by atoms with Crippen molar-refractivity contribution in [2.75, 3.05) is 13.1 Å². The maximum absolute atomic E-state index is 3.83. The molecule has 3 fully saturated rings. The highest BCUT2D eigenvalue weighted by molar-refractivity contribution is 9.10. The monoisotopic (exact) mass is 334 g/mol. The molecule has 20 heavy (non-hydrogen) atoms. The molecule has 108 valence electrons. The minimum atomic E-state index is 0.750. The van der Waals surface area contributed by atoms with Crippen LogP contribution in [-0.2, 0) is 6.54 Å². The van der Waals surface area contributed by atoms with E-state index in [1.807, 2.05) is 0 Å². The first-order valence-electron chi connectivity index (χ1n) is 8.01.